The van der Waals surface area contributed by atoms with Crippen LogP contribution < -0.4 is 5.32 Å². The standard InChI is InChI=1S/C13H21NO4/c1-4-13(3,7-8-15)14-9(2)10-5-6-11(18-10)12(16)17/h5-6,9,14-15H,4,7-8H2,1-3H3,(H,16,17). The summed E-state index contributed by atoms with van der Waals surface area (Å²) in [5.74, 6) is -0.536. The van der Waals surface area contributed by atoms with Gasteiger partial charge in [0.2, 0.25) is 5.76 Å². The highest BCUT2D eigenvalue weighted by Crippen LogP contribution is 2.22. The van der Waals surface area contributed by atoms with E-state index in [2.05, 4.69) is 5.32 Å². The molecule has 0 fully saturated rings. The van der Waals surface area contributed by atoms with Gasteiger partial charge in [-0.05, 0) is 38.8 Å². The van der Waals surface area contributed by atoms with Gasteiger partial charge in [0, 0.05) is 12.1 Å². The highest BCUT2D eigenvalue weighted by Gasteiger charge is 2.25. The number of furan rings is 1. The van der Waals surface area contributed by atoms with E-state index < -0.39 is 5.97 Å². The van der Waals surface area contributed by atoms with E-state index in [9.17, 15) is 4.79 Å². The van der Waals surface area contributed by atoms with Gasteiger partial charge in [0.1, 0.15) is 5.76 Å². The summed E-state index contributed by atoms with van der Waals surface area (Å²) in [5, 5.41) is 21.2. The van der Waals surface area contributed by atoms with E-state index >= 15 is 0 Å². The van der Waals surface area contributed by atoms with Crippen molar-refractivity contribution in [3.05, 3.63) is 23.7 Å². The Morgan fingerprint density at radius 2 is 2.22 bits per heavy atom. The minimum absolute atomic E-state index is 0.0565. The number of rotatable bonds is 7. The molecule has 0 amide bonds. The summed E-state index contributed by atoms with van der Waals surface area (Å²) in [6.45, 7) is 6.10. The van der Waals surface area contributed by atoms with E-state index in [1.807, 2.05) is 20.8 Å². The van der Waals surface area contributed by atoms with E-state index in [0.717, 1.165) is 6.42 Å². The van der Waals surface area contributed by atoms with Gasteiger partial charge in [-0.15, -0.1) is 0 Å². The van der Waals surface area contributed by atoms with Crippen molar-refractivity contribution in [2.75, 3.05) is 6.61 Å². The molecule has 3 N–H and O–H groups in total. The summed E-state index contributed by atoms with van der Waals surface area (Å²) >= 11 is 0. The third kappa shape index (κ3) is 3.58. The van der Waals surface area contributed by atoms with E-state index in [4.69, 9.17) is 14.6 Å². The molecule has 0 saturated heterocycles. The quantitative estimate of drug-likeness (QED) is 0.695. The van der Waals surface area contributed by atoms with Crippen LogP contribution in [0.4, 0.5) is 0 Å². The molecular weight excluding hydrogens is 234 g/mol. The predicted octanol–water partition coefficient (Wildman–Crippen LogP) is 2.18. The van der Waals surface area contributed by atoms with E-state index in [1.165, 1.54) is 6.07 Å². The fourth-order valence-electron chi connectivity index (χ4n) is 1.89. The van der Waals surface area contributed by atoms with Gasteiger partial charge in [-0.3, -0.25) is 0 Å². The van der Waals surface area contributed by atoms with Gasteiger partial charge in [0.15, 0.2) is 0 Å². The first-order valence-corrected chi connectivity index (χ1v) is 6.13. The molecule has 2 unspecified atom stereocenters. The first kappa shape index (κ1) is 14.7. The number of aliphatic hydroxyl groups excluding tert-OH is 1. The average Bonchev–Trinajstić information content (AvgIpc) is 2.78. The van der Waals surface area contributed by atoms with Crippen molar-refractivity contribution in [1.82, 2.24) is 5.32 Å². The van der Waals surface area contributed by atoms with E-state index in [1.54, 1.807) is 6.07 Å². The minimum atomic E-state index is -1.07. The largest absolute Gasteiger partial charge is 0.475 e. The van der Waals surface area contributed by atoms with Crippen LogP contribution in [0.2, 0.25) is 0 Å². The maximum absolute atomic E-state index is 10.7. The van der Waals surface area contributed by atoms with Gasteiger partial charge in [0.05, 0.1) is 6.04 Å². The Hall–Kier alpha value is -1.33. The van der Waals surface area contributed by atoms with Crippen molar-refractivity contribution in [3.8, 4) is 0 Å². The summed E-state index contributed by atoms with van der Waals surface area (Å²) < 4.78 is 5.25. The Morgan fingerprint density at radius 3 is 2.67 bits per heavy atom. The summed E-state index contributed by atoms with van der Waals surface area (Å²) in [5.41, 5.74) is -0.190. The van der Waals surface area contributed by atoms with Gasteiger partial charge in [-0.1, -0.05) is 6.92 Å². The molecule has 1 rings (SSSR count). The summed E-state index contributed by atoms with van der Waals surface area (Å²) in [6.07, 6.45) is 1.50. The van der Waals surface area contributed by atoms with Crippen LogP contribution in [0.3, 0.4) is 0 Å². The molecule has 1 aromatic rings. The normalized spacial score (nSPS) is 16.2. The summed E-state index contributed by atoms with van der Waals surface area (Å²) in [6, 6.07) is 3.01. The Bertz CT molecular complexity index is 401. The third-order valence-electron chi connectivity index (χ3n) is 3.27. The lowest BCUT2D eigenvalue weighted by Crippen LogP contribution is -2.43. The molecule has 18 heavy (non-hydrogen) atoms. The molecule has 1 aromatic heterocycles. The van der Waals surface area contributed by atoms with Crippen molar-refractivity contribution < 1.29 is 19.4 Å². The number of carboxylic acids is 1. The Labute approximate surface area is 107 Å². The molecule has 1 heterocycles. The highest BCUT2D eigenvalue weighted by molar-refractivity contribution is 5.84. The van der Waals surface area contributed by atoms with Crippen molar-refractivity contribution in [2.24, 2.45) is 0 Å². The van der Waals surface area contributed by atoms with Gasteiger partial charge < -0.3 is 19.9 Å². The molecular formula is C13H21NO4. The average molecular weight is 255 g/mol. The third-order valence-corrected chi connectivity index (χ3v) is 3.27. The number of carboxylic acid groups (broad SMARTS) is 1. The number of aromatic carboxylic acids is 1. The maximum Gasteiger partial charge on any atom is 0.371 e. The zero-order valence-corrected chi connectivity index (χ0v) is 11.1. The van der Waals surface area contributed by atoms with E-state index in [0.29, 0.717) is 12.2 Å². The Morgan fingerprint density at radius 1 is 1.56 bits per heavy atom. The molecule has 5 heteroatoms. The molecule has 102 valence electrons. The van der Waals surface area contributed by atoms with Crippen molar-refractivity contribution in [3.63, 3.8) is 0 Å². The van der Waals surface area contributed by atoms with Crippen LogP contribution in [0.5, 0.6) is 0 Å². The fourth-order valence-corrected chi connectivity index (χ4v) is 1.89. The topological polar surface area (TPSA) is 82.7 Å². The zero-order valence-electron chi connectivity index (χ0n) is 11.1. The smallest absolute Gasteiger partial charge is 0.371 e. The molecule has 2 atom stereocenters. The van der Waals surface area contributed by atoms with Crippen molar-refractivity contribution in [2.45, 2.75) is 45.2 Å². The molecule has 0 spiro atoms. The molecule has 5 nitrogen and oxygen atoms in total. The number of hydrogen-bond acceptors (Lipinski definition) is 4. The number of aliphatic hydroxyl groups is 1. The second-order valence-corrected chi connectivity index (χ2v) is 4.76. The lowest BCUT2D eigenvalue weighted by molar-refractivity contribution is 0.0659. The SMILES string of the molecule is CCC(C)(CCO)NC(C)c1ccc(C(=O)O)o1. The molecule has 0 aromatic carbocycles. The van der Waals surface area contributed by atoms with Crippen LogP contribution in [0.1, 0.15) is 56.0 Å². The minimum Gasteiger partial charge on any atom is -0.475 e. The lowest BCUT2D eigenvalue weighted by Gasteiger charge is -2.32. The summed E-state index contributed by atoms with van der Waals surface area (Å²) in [4.78, 5) is 10.7. The van der Waals surface area contributed by atoms with Crippen molar-refractivity contribution >= 4 is 5.97 Å². The predicted molar refractivity (Wildman–Crippen MR) is 67.6 cm³/mol. The second-order valence-electron chi connectivity index (χ2n) is 4.76. The van der Waals surface area contributed by atoms with Crippen molar-refractivity contribution in [1.29, 1.82) is 0 Å². The van der Waals surface area contributed by atoms with Crippen LogP contribution in [-0.4, -0.2) is 28.3 Å². The van der Waals surface area contributed by atoms with Gasteiger partial charge in [-0.25, -0.2) is 4.79 Å². The van der Waals surface area contributed by atoms with Gasteiger partial charge in [-0.2, -0.15) is 0 Å². The van der Waals surface area contributed by atoms with Gasteiger partial charge >= 0.3 is 5.97 Å². The fraction of sp³-hybridized carbons (Fsp3) is 0.615. The van der Waals surface area contributed by atoms with Gasteiger partial charge in [0.25, 0.3) is 0 Å². The second kappa shape index (κ2) is 6.02. The maximum atomic E-state index is 10.7. The first-order chi connectivity index (χ1) is 8.41. The van der Waals surface area contributed by atoms with Crippen LogP contribution in [0.15, 0.2) is 16.5 Å². The monoisotopic (exact) mass is 255 g/mol. The summed E-state index contributed by atoms with van der Waals surface area (Å²) in [7, 11) is 0. The zero-order chi connectivity index (χ0) is 13.8. The molecule has 0 aliphatic heterocycles. The van der Waals surface area contributed by atoms with Crippen LogP contribution in [0, 0.1) is 0 Å². The number of hydrogen-bond donors (Lipinski definition) is 3. The number of carbonyl (C=O) groups is 1. The van der Waals surface area contributed by atoms with Crippen LogP contribution >= 0.6 is 0 Å². The van der Waals surface area contributed by atoms with Crippen LogP contribution in [-0.2, 0) is 0 Å². The molecule has 0 radical (unpaired) electrons. The molecule has 0 saturated carbocycles. The first-order valence-electron chi connectivity index (χ1n) is 6.13. The Balaban J connectivity index is 2.74. The molecule has 0 aliphatic carbocycles. The Kier molecular flexibility index (Phi) is 4.93. The lowest BCUT2D eigenvalue weighted by atomic mass is 9.93. The number of nitrogens with one attached hydrogen (secondary N) is 1. The highest BCUT2D eigenvalue weighted by atomic mass is 16.4. The van der Waals surface area contributed by atoms with E-state index in [-0.39, 0.29) is 23.9 Å². The van der Waals surface area contributed by atoms with Crippen LogP contribution in [0.25, 0.3) is 0 Å². The molecule has 0 bridgehead atoms. The molecule has 0 aliphatic rings.